The third-order valence-electron chi connectivity index (χ3n) is 4.22. The number of carbonyl (C=O) groups excluding carboxylic acids is 2. The molecule has 0 bridgehead atoms. The van der Waals surface area contributed by atoms with Gasteiger partial charge in [0.2, 0.25) is 0 Å². The van der Waals surface area contributed by atoms with E-state index in [1.165, 1.54) is 6.20 Å². The summed E-state index contributed by atoms with van der Waals surface area (Å²) in [5.41, 5.74) is 1.11. The number of nitrogens with zero attached hydrogens (tertiary/aromatic N) is 2. The molecule has 1 amide bonds. The van der Waals surface area contributed by atoms with Crippen molar-refractivity contribution in [3.05, 3.63) is 46.1 Å². The summed E-state index contributed by atoms with van der Waals surface area (Å²) >= 11 is 3.38. The van der Waals surface area contributed by atoms with E-state index < -0.39 is 0 Å². The number of ether oxygens (including phenoxy) is 1. The molecule has 0 spiro atoms. The maximum atomic E-state index is 12.5. The molecule has 2 rings (SSSR count). The van der Waals surface area contributed by atoms with Gasteiger partial charge in [0, 0.05) is 30.3 Å². The Hall–Kier alpha value is -2.33. The first-order valence-electron chi connectivity index (χ1n) is 8.59. The minimum absolute atomic E-state index is 0.0664. The molecule has 1 N–H and O–H groups in total. The second kappa shape index (κ2) is 9.97. The Morgan fingerprint density at radius 3 is 2.58 bits per heavy atom. The number of carbonyl (C=O) groups is 2. The van der Waals surface area contributed by atoms with Crippen LogP contribution in [-0.2, 0) is 20.9 Å². The van der Waals surface area contributed by atoms with Gasteiger partial charge in [-0.1, -0.05) is 28.1 Å². The molecule has 1 aromatic rings. The quantitative estimate of drug-likeness (QED) is 0.435. The Bertz CT molecular complexity index is 702. The number of amides is 1. The molecule has 1 aliphatic rings. The van der Waals surface area contributed by atoms with Crippen LogP contribution in [0.25, 0.3) is 0 Å². The number of hydrogen-bond donors (Lipinski definition) is 1. The lowest BCUT2D eigenvalue weighted by Gasteiger charge is -2.30. The minimum Gasteiger partial charge on any atom is -0.466 e. The van der Waals surface area contributed by atoms with Crippen molar-refractivity contribution in [1.82, 2.24) is 10.2 Å². The van der Waals surface area contributed by atoms with E-state index in [-0.39, 0.29) is 23.4 Å². The lowest BCUT2D eigenvalue weighted by Crippen LogP contribution is -2.41. The Balaban J connectivity index is 1.87. The maximum absolute atomic E-state index is 12.5. The van der Waals surface area contributed by atoms with Gasteiger partial charge in [-0.05, 0) is 37.5 Å². The zero-order valence-electron chi connectivity index (χ0n) is 14.7. The van der Waals surface area contributed by atoms with Crippen LogP contribution in [-0.4, -0.2) is 36.5 Å². The molecule has 0 saturated carbocycles. The molecular weight excluding hydrogens is 398 g/mol. The highest BCUT2D eigenvalue weighted by Gasteiger charge is 2.29. The average molecular weight is 420 g/mol. The summed E-state index contributed by atoms with van der Waals surface area (Å²) < 4.78 is 6.03. The van der Waals surface area contributed by atoms with Crippen LogP contribution in [0, 0.1) is 17.2 Å². The van der Waals surface area contributed by atoms with E-state index >= 15 is 0 Å². The first kappa shape index (κ1) is 20.0. The molecular formula is C19H22BrN3O3. The number of esters is 1. The van der Waals surface area contributed by atoms with Crippen LogP contribution < -0.4 is 5.32 Å². The monoisotopic (exact) mass is 419 g/mol. The van der Waals surface area contributed by atoms with Gasteiger partial charge in [0.1, 0.15) is 11.6 Å². The number of halogens is 1. The Morgan fingerprint density at radius 2 is 2.00 bits per heavy atom. The fourth-order valence-electron chi connectivity index (χ4n) is 2.76. The van der Waals surface area contributed by atoms with E-state index in [1.54, 1.807) is 11.8 Å². The molecule has 138 valence electrons. The number of rotatable bonds is 6. The van der Waals surface area contributed by atoms with Gasteiger partial charge in [-0.15, -0.1) is 0 Å². The van der Waals surface area contributed by atoms with Gasteiger partial charge in [-0.3, -0.25) is 9.59 Å². The molecule has 6 nitrogen and oxygen atoms in total. The molecule has 1 saturated heterocycles. The number of benzene rings is 1. The molecule has 0 aliphatic carbocycles. The van der Waals surface area contributed by atoms with Crippen molar-refractivity contribution < 1.29 is 14.3 Å². The van der Waals surface area contributed by atoms with Gasteiger partial charge < -0.3 is 15.0 Å². The van der Waals surface area contributed by atoms with E-state index in [1.807, 2.05) is 30.3 Å². The van der Waals surface area contributed by atoms with Gasteiger partial charge in [0.05, 0.1) is 12.5 Å². The zero-order chi connectivity index (χ0) is 18.9. The summed E-state index contributed by atoms with van der Waals surface area (Å²) in [5, 5.41) is 12.3. The predicted molar refractivity (Wildman–Crippen MR) is 101 cm³/mol. The smallest absolute Gasteiger partial charge is 0.309 e. The summed E-state index contributed by atoms with van der Waals surface area (Å²) in [6.07, 6.45) is 2.59. The number of piperidine rings is 1. The molecule has 0 unspecified atom stereocenters. The second-order valence-corrected chi connectivity index (χ2v) is 6.91. The molecule has 1 aliphatic heterocycles. The highest BCUT2D eigenvalue weighted by Crippen LogP contribution is 2.20. The fraction of sp³-hybridized carbons (Fsp3) is 0.421. The second-order valence-electron chi connectivity index (χ2n) is 6.00. The van der Waals surface area contributed by atoms with Gasteiger partial charge in [-0.2, -0.15) is 5.26 Å². The zero-order valence-corrected chi connectivity index (χ0v) is 16.3. The third-order valence-corrected chi connectivity index (χ3v) is 4.75. The van der Waals surface area contributed by atoms with Gasteiger partial charge in [0.25, 0.3) is 5.91 Å². The lowest BCUT2D eigenvalue weighted by molar-refractivity contribution is -0.150. The first-order valence-corrected chi connectivity index (χ1v) is 9.38. The van der Waals surface area contributed by atoms with E-state index in [2.05, 4.69) is 21.2 Å². The summed E-state index contributed by atoms with van der Waals surface area (Å²) in [7, 11) is 0. The molecule has 0 aromatic heterocycles. The Labute approximate surface area is 161 Å². The van der Waals surface area contributed by atoms with E-state index in [9.17, 15) is 14.9 Å². The molecule has 26 heavy (non-hydrogen) atoms. The summed E-state index contributed by atoms with van der Waals surface area (Å²) in [5.74, 6) is -0.672. The van der Waals surface area contributed by atoms with Crippen LogP contribution in [0.2, 0.25) is 0 Å². The number of hydrogen-bond acceptors (Lipinski definition) is 5. The van der Waals surface area contributed by atoms with Crippen LogP contribution in [0.3, 0.4) is 0 Å². The van der Waals surface area contributed by atoms with Crippen molar-refractivity contribution >= 4 is 27.8 Å². The Morgan fingerprint density at radius 1 is 1.35 bits per heavy atom. The van der Waals surface area contributed by atoms with Crippen LogP contribution in [0.15, 0.2) is 40.5 Å². The fourth-order valence-corrected chi connectivity index (χ4v) is 3.03. The highest BCUT2D eigenvalue weighted by atomic mass is 79.9. The minimum atomic E-state index is -0.307. The third kappa shape index (κ3) is 5.60. The maximum Gasteiger partial charge on any atom is 0.309 e. The van der Waals surface area contributed by atoms with Crippen LogP contribution >= 0.6 is 15.9 Å². The molecule has 1 fully saturated rings. The normalized spacial score (nSPS) is 15.3. The van der Waals surface area contributed by atoms with Crippen molar-refractivity contribution in [3.8, 4) is 6.07 Å². The highest BCUT2D eigenvalue weighted by molar-refractivity contribution is 9.10. The van der Waals surface area contributed by atoms with Gasteiger partial charge >= 0.3 is 5.97 Å². The summed E-state index contributed by atoms with van der Waals surface area (Å²) in [6, 6.07) is 9.74. The largest absolute Gasteiger partial charge is 0.466 e. The molecule has 1 aromatic carbocycles. The molecule has 0 radical (unpaired) electrons. The van der Waals surface area contributed by atoms with Crippen molar-refractivity contribution in [2.24, 2.45) is 5.92 Å². The number of nitrogens with one attached hydrogen (secondary N) is 1. The first-order chi connectivity index (χ1) is 12.5. The van der Waals surface area contributed by atoms with Gasteiger partial charge in [0.15, 0.2) is 0 Å². The predicted octanol–water partition coefficient (Wildman–Crippen LogP) is 2.75. The SMILES string of the molecule is CCOC(=O)C1CCN(C(=O)/C(C#N)=C\NCc2ccc(Br)cc2)CC1. The van der Waals surface area contributed by atoms with Crippen molar-refractivity contribution in [1.29, 1.82) is 5.26 Å². The van der Waals surface area contributed by atoms with E-state index in [4.69, 9.17) is 4.74 Å². The molecule has 1 heterocycles. The lowest BCUT2D eigenvalue weighted by atomic mass is 9.96. The standard InChI is InChI=1S/C19H22BrN3O3/c1-2-26-19(25)15-7-9-23(10-8-15)18(24)16(11-21)13-22-12-14-3-5-17(20)6-4-14/h3-6,13,15,22H,2,7-10,12H2,1H3/b16-13-. The molecule has 7 heteroatoms. The topological polar surface area (TPSA) is 82.4 Å². The summed E-state index contributed by atoms with van der Waals surface area (Å²) in [6.45, 7) is 3.57. The van der Waals surface area contributed by atoms with E-state index in [0.717, 1.165) is 10.0 Å². The van der Waals surface area contributed by atoms with Crippen molar-refractivity contribution in [2.45, 2.75) is 26.3 Å². The van der Waals surface area contributed by atoms with E-state index in [0.29, 0.717) is 39.1 Å². The van der Waals surface area contributed by atoms with Crippen molar-refractivity contribution in [3.63, 3.8) is 0 Å². The Kier molecular flexibility index (Phi) is 7.67. The van der Waals surface area contributed by atoms with Crippen LogP contribution in [0.5, 0.6) is 0 Å². The summed E-state index contributed by atoms with van der Waals surface area (Å²) in [4.78, 5) is 25.9. The number of likely N-dealkylation sites (tertiary alicyclic amines) is 1. The van der Waals surface area contributed by atoms with Gasteiger partial charge in [-0.25, -0.2) is 0 Å². The van der Waals surface area contributed by atoms with Crippen molar-refractivity contribution in [2.75, 3.05) is 19.7 Å². The van der Waals surface area contributed by atoms with Crippen LogP contribution in [0.1, 0.15) is 25.3 Å². The molecule has 0 atom stereocenters. The van der Waals surface area contributed by atoms with Crippen LogP contribution in [0.4, 0.5) is 0 Å². The number of nitriles is 1. The average Bonchev–Trinajstić information content (AvgIpc) is 2.66.